The number of carboxylic acid groups (broad SMARTS) is 1. The lowest BCUT2D eigenvalue weighted by atomic mass is 10.3. The van der Waals surface area contributed by atoms with Gasteiger partial charge in [0.2, 0.25) is 5.89 Å². The predicted octanol–water partition coefficient (Wildman–Crippen LogP) is 2.28. The number of aryl methyl sites for hydroxylation is 1. The summed E-state index contributed by atoms with van der Waals surface area (Å²) in [5.41, 5.74) is -0.0135. The molecule has 2 rings (SSSR count). The zero-order valence-corrected chi connectivity index (χ0v) is 10.1. The summed E-state index contributed by atoms with van der Waals surface area (Å²) < 4.78 is 5.14. The van der Waals surface area contributed by atoms with Crippen LogP contribution in [-0.4, -0.2) is 26.3 Å². The molecule has 0 aliphatic rings. The van der Waals surface area contributed by atoms with E-state index in [0.29, 0.717) is 10.9 Å². The van der Waals surface area contributed by atoms with Crippen molar-refractivity contribution in [1.82, 2.24) is 15.2 Å². The van der Waals surface area contributed by atoms with E-state index in [2.05, 4.69) is 15.2 Å². The van der Waals surface area contributed by atoms with Gasteiger partial charge in [0.15, 0.2) is 0 Å². The summed E-state index contributed by atoms with van der Waals surface area (Å²) >= 11 is 6.93. The van der Waals surface area contributed by atoms with E-state index in [0.717, 1.165) is 11.8 Å². The van der Waals surface area contributed by atoms with Gasteiger partial charge in [-0.1, -0.05) is 11.6 Å². The maximum Gasteiger partial charge on any atom is 0.337 e. The number of carbonyl (C=O) groups is 1. The number of halogens is 1. The van der Waals surface area contributed by atoms with Crippen LogP contribution in [0.4, 0.5) is 0 Å². The molecule has 2 aromatic heterocycles. The largest absolute Gasteiger partial charge is 0.478 e. The fraction of sp³-hybridized carbons (Fsp3) is 0.111. The highest BCUT2D eigenvalue weighted by Gasteiger charge is 2.16. The molecule has 88 valence electrons. The van der Waals surface area contributed by atoms with Crippen molar-refractivity contribution in [2.45, 2.75) is 17.2 Å². The molecule has 0 unspecified atom stereocenters. The monoisotopic (exact) mass is 271 g/mol. The second kappa shape index (κ2) is 4.72. The number of carboxylic acids is 1. The van der Waals surface area contributed by atoms with Crippen molar-refractivity contribution in [3.05, 3.63) is 28.7 Å². The second-order valence-corrected chi connectivity index (χ2v) is 4.29. The number of nitrogens with zero attached hydrogens (tertiary/aromatic N) is 3. The van der Waals surface area contributed by atoms with Gasteiger partial charge in [-0.05, 0) is 17.8 Å². The second-order valence-electron chi connectivity index (χ2n) is 2.97. The zero-order valence-electron chi connectivity index (χ0n) is 8.55. The van der Waals surface area contributed by atoms with Gasteiger partial charge in [-0.2, -0.15) is 0 Å². The van der Waals surface area contributed by atoms with Gasteiger partial charge >= 0.3 is 5.97 Å². The van der Waals surface area contributed by atoms with Crippen molar-refractivity contribution >= 4 is 29.3 Å². The van der Waals surface area contributed by atoms with E-state index in [-0.39, 0.29) is 15.8 Å². The predicted molar refractivity (Wildman–Crippen MR) is 59.4 cm³/mol. The lowest BCUT2D eigenvalue weighted by Gasteiger charge is -2.02. The average molecular weight is 272 g/mol. The van der Waals surface area contributed by atoms with E-state index in [4.69, 9.17) is 21.1 Å². The summed E-state index contributed by atoms with van der Waals surface area (Å²) in [4.78, 5) is 14.8. The van der Waals surface area contributed by atoms with Crippen LogP contribution in [0.5, 0.6) is 0 Å². The quantitative estimate of drug-likeness (QED) is 0.916. The van der Waals surface area contributed by atoms with Crippen LogP contribution >= 0.6 is 23.4 Å². The van der Waals surface area contributed by atoms with E-state index in [1.165, 1.54) is 12.3 Å². The topological polar surface area (TPSA) is 89.1 Å². The van der Waals surface area contributed by atoms with Crippen LogP contribution in [-0.2, 0) is 0 Å². The standard InChI is InChI=1S/C9H6ClN3O3S/c1-4-12-13-9(16-4)17-7-6(10)5(8(14)15)2-3-11-7/h2-3H,1H3,(H,14,15). The Kier molecular flexibility index (Phi) is 3.30. The molecule has 0 saturated heterocycles. The molecule has 0 aliphatic carbocycles. The van der Waals surface area contributed by atoms with Crippen molar-refractivity contribution in [2.24, 2.45) is 0 Å². The van der Waals surface area contributed by atoms with E-state index in [1.54, 1.807) is 6.92 Å². The first-order chi connectivity index (χ1) is 8.08. The molecule has 8 heteroatoms. The van der Waals surface area contributed by atoms with Gasteiger partial charge in [0.1, 0.15) is 5.03 Å². The molecular formula is C9H6ClN3O3S. The summed E-state index contributed by atoms with van der Waals surface area (Å²) in [5.74, 6) is -0.695. The Bertz CT molecular complexity index is 572. The molecule has 1 N–H and O–H groups in total. The first kappa shape index (κ1) is 11.9. The highest BCUT2D eigenvalue weighted by atomic mass is 35.5. The summed E-state index contributed by atoms with van der Waals surface area (Å²) in [7, 11) is 0. The number of aromatic nitrogens is 3. The third kappa shape index (κ3) is 2.56. The van der Waals surface area contributed by atoms with Crippen LogP contribution in [0.25, 0.3) is 0 Å². The van der Waals surface area contributed by atoms with Gasteiger partial charge in [-0.3, -0.25) is 0 Å². The minimum Gasteiger partial charge on any atom is -0.478 e. The summed E-state index contributed by atoms with van der Waals surface area (Å²) in [5, 5.41) is 16.9. The molecule has 0 fully saturated rings. The number of hydrogen-bond donors (Lipinski definition) is 1. The van der Waals surface area contributed by atoms with Crippen molar-refractivity contribution in [3.63, 3.8) is 0 Å². The third-order valence-electron chi connectivity index (χ3n) is 1.78. The van der Waals surface area contributed by atoms with Gasteiger partial charge < -0.3 is 9.52 Å². The summed E-state index contributed by atoms with van der Waals surface area (Å²) in [6, 6.07) is 1.33. The van der Waals surface area contributed by atoms with Crippen LogP contribution in [0, 0.1) is 6.92 Å². The van der Waals surface area contributed by atoms with Gasteiger partial charge in [-0.15, -0.1) is 10.2 Å². The van der Waals surface area contributed by atoms with E-state index >= 15 is 0 Å². The Balaban J connectivity index is 2.33. The zero-order chi connectivity index (χ0) is 12.4. The van der Waals surface area contributed by atoms with Crippen LogP contribution in [0.2, 0.25) is 5.02 Å². The van der Waals surface area contributed by atoms with Gasteiger partial charge in [0.05, 0.1) is 10.6 Å². The molecule has 0 aliphatic heterocycles. The first-order valence-corrected chi connectivity index (χ1v) is 5.63. The first-order valence-electron chi connectivity index (χ1n) is 4.43. The molecule has 0 aromatic carbocycles. The molecule has 0 bridgehead atoms. The molecule has 2 heterocycles. The highest BCUT2D eigenvalue weighted by Crippen LogP contribution is 2.32. The lowest BCUT2D eigenvalue weighted by molar-refractivity contribution is 0.0696. The van der Waals surface area contributed by atoms with Crippen molar-refractivity contribution in [2.75, 3.05) is 0 Å². The minimum atomic E-state index is -1.11. The Morgan fingerprint density at radius 3 is 2.88 bits per heavy atom. The number of pyridine rings is 1. The smallest absolute Gasteiger partial charge is 0.337 e. The Hall–Kier alpha value is -1.60. The Labute approximate surface area is 105 Å². The van der Waals surface area contributed by atoms with Crippen LogP contribution in [0.3, 0.4) is 0 Å². The molecule has 17 heavy (non-hydrogen) atoms. The summed E-state index contributed by atoms with van der Waals surface area (Å²) in [6.45, 7) is 1.65. The van der Waals surface area contributed by atoms with Crippen molar-refractivity contribution < 1.29 is 14.3 Å². The molecule has 0 spiro atoms. The van der Waals surface area contributed by atoms with E-state index in [9.17, 15) is 4.79 Å². The van der Waals surface area contributed by atoms with Crippen molar-refractivity contribution in [3.8, 4) is 0 Å². The van der Waals surface area contributed by atoms with Crippen molar-refractivity contribution in [1.29, 1.82) is 0 Å². The third-order valence-corrected chi connectivity index (χ3v) is 3.12. The molecule has 0 radical (unpaired) electrons. The minimum absolute atomic E-state index is 0.0135. The molecule has 6 nitrogen and oxygen atoms in total. The van der Waals surface area contributed by atoms with E-state index < -0.39 is 5.97 Å². The fourth-order valence-electron chi connectivity index (χ4n) is 1.06. The molecular weight excluding hydrogens is 266 g/mol. The molecule has 0 amide bonds. The van der Waals surface area contributed by atoms with Crippen LogP contribution in [0.15, 0.2) is 26.9 Å². The lowest BCUT2D eigenvalue weighted by Crippen LogP contribution is -1.99. The Morgan fingerprint density at radius 1 is 1.53 bits per heavy atom. The SMILES string of the molecule is Cc1nnc(Sc2nccc(C(=O)O)c2Cl)o1. The molecule has 0 atom stereocenters. The number of aromatic carboxylic acids is 1. The summed E-state index contributed by atoms with van der Waals surface area (Å²) in [6.07, 6.45) is 1.36. The normalized spacial score (nSPS) is 10.5. The maximum atomic E-state index is 10.9. The van der Waals surface area contributed by atoms with Gasteiger partial charge in [0.25, 0.3) is 5.22 Å². The maximum absolute atomic E-state index is 10.9. The average Bonchev–Trinajstić information content (AvgIpc) is 2.67. The number of hydrogen-bond acceptors (Lipinski definition) is 6. The van der Waals surface area contributed by atoms with Crippen LogP contribution < -0.4 is 0 Å². The number of rotatable bonds is 3. The fourth-order valence-corrected chi connectivity index (χ4v) is 2.09. The Morgan fingerprint density at radius 2 is 2.29 bits per heavy atom. The molecule has 0 saturated carbocycles. The van der Waals surface area contributed by atoms with Gasteiger partial charge in [-0.25, -0.2) is 9.78 Å². The molecule has 2 aromatic rings. The van der Waals surface area contributed by atoms with E-state index in [1.807, 2.05) is 0 Å². The van der Waals surface area contributed by atoms with Gasteiger partial charge in [0, 0.05) is 13.1 Å². The highest BCUT2D eigenvalue weighted by molar-refractivity contribution is 7.99. The van der Waals surface area contributed by atoms with Crippen LogP contribution in [0.1, 0.15) is 16.2 Å².